The van der Waals surface area contributed by atoms with Gasteiger partial charge in [0.2, 0.25) is 5.78 Å². The Morgan fingerprint density at radius 2 is 1.85 bits per heavy atom. The van der Waals surface area contributed by atoms with Crippen molar-refractivity contribution in [1.82, 2.24) is 5.32 Å². The molecule has 72 valence electrons. The molecule has 0 saturated carbocycles. The highest BCUT2D eigenvalue weighted by atomic mass is 16.2. The van der Waals surface area contributed by atoms with E-state index in [1.54, 1.807) is 20.8 Å². The number of nitrogens with one attached hydrogen (secondary N) is 1. The standard InChI is InChI=1S/C9H14N2O2/c1-6(5-10)11-8(13)7(12)9(2,3)4/h6H,1-4H3,(H,11,13). The van der Waals surface area contributed by atoms with Crippen molar-refractivity contribution in [2.45, 2.75) is 33.7 Å². The van der Waals surface area contributed by atoms with Crippen molar-refractivity contribution in [3.05, 3.63) is 0 Å². The molecule has 1 amide bonds. The number of ketones is 1. The van der Waals surface area contributed by atoms with Gasteiger partial charge in [-0.25, -0.2) is 0 Å². The molecule has 0 aliphatic carbocycles. The lowest BCUT2D eigenvalue weighted by atomic mass is 9.90. The maximum absolute atomic E-state index is 11.3. The second-order valence-corrected chi connectivity index (χ2v) is 3.90. The van der Waals surface area contributed by atoms with E-state index in [9.17, 15) is 9.59 Å². The van der Waals surface area contributed by atoms with Crippen LogP contribution in [0.4, 0.5) is 0 Å². The smallest absolute Gasteiger partial charge is 0.288 e. The van der Waals surface area contributed by atoms with Crippen LogP contribution in [0.2, 0.25) is 0 Å². The molecule has 0 radical (unpaired) electrons. The fourth-order valence-electron chi connectivity index (χ4n) is 0.635. The summed E-state index contributed by atoms with van der Waals surface area (Å²) in [5.41, 5.74) is -0.695. The number of amides is 1. The number of hydrogen-bond acceptors (Lipinski definition) is 3. The first-order valence-electron chi connectivity index (χ1n) is 4.04. The van der Waals surface area contributed by atoms with Gasteiger partial charge in [0, 0.05) is 5.41 Å². The molecule has 0 heterocycles. The summed E-state index contributed by atoms with van der Waals surface area (Å²) < 4.78 is 0. The second-order valence-electron chi connectivity index (χ2n) is 3.90. The Bertz CT molecular complexity index is 258. The van der Waals surface area contributed by atoms with Crippen molar-refractivity contribution in [1.29, 1.82) is 5.26 Å². The van der Waals surface area contributed by atoms with Crippen molar-refractivity contribution in [2.24, 2.45) is 5.41 Å². The Morgan fingerprint density at radius 3 is 2.15 bits per heavy atom. The van der Waals surface area contributed by atoms with Gasteiger partial charge in [0.1, 0.15) is 6.04 Å². The molecule has 4 nitrogen and oxygen atoms in total. The van der Waals surface area contributed by atoms with Crippen LogP contribution in [0.15, 0.2) is 0 Å². The Balaban J connectivity index is 4.32. The normalized spacial score (nSPS) is 12.8. The first-order chi connectivity index (χ1) is 5.79. The van der Waals surface area contributed by atoms with Gasteiger partial charge in [0.05, 0.1) is 6.07 Å². The molecule has 1 atom stereocenters. The number of nitrogens with zero attached hydrogens (tertiary/aromatic N) is 1. The zero-order chi connectivity index (χ0) is 10.6. The number of hydrogen-bond donors (Lipinski definition) is 1. The fraction of sp³-hybridized carbons (Fsp3) is 0.667. The van der Waals surface area contributed by atoms with Crippen LogP contribution in [0, 0.1) is 16.7 Å². The Kier molecular flexibility index (Phi) is 3.61. The molecule has 0 aromatic rings. The van der Waals surface area contributed by atoms with E-state index in [2.05, 4.69) is 5.32 Å². The maximum Gasteiger partial charge on any atom is 0.288 e. The van der Waals surface area contributed by atoms with Crippen LogP contribution in [-0.2, 0) is 9.59 Å². The van der Waals surface area contributed by atoms with Crippen LogP contribution >= 0.6 is 0 Å². The van der Waals surface area contributed by atoms with Crippen molar-refractivity contribution in [3.8, 4) is 6.07 Å². The highest BCUT2D eigenvalue weighted by Gasteiger charge is 2.28. The predicted octanol–water partition coefficient (Wildman–Crippen LogP) is 0.630. The minimum absolute atomic E-state index is 0.505. The third-order valence-electron chi connectivity index (χ3n) is 1.43. The van der Waals surface area contributed by atoms with Gasteiger partial charge in [-0.05, 0) is 6.92 Å². The van der Waals surface area contributed by atoms with Crippen LogP contribution < -0.4 is 5.32 Å². The van der Waals surface area contributed by atoms with Crippen molar-refractivity contribution in [2.75, 3.05) is 0 Å². The first-order valence-corrected chi connectivity index (χ1v) is 4.04. The summed E-state index contributed by atoms with van der Waals surface area (Å²) >= 11 is 0. The van der Waals surface area contributed by atoms with Gasteiger partial charge in [0.25, 0.3) is 5.91 Å². The third kappa shape index (κ3) is 3.70. The van der Waals surface area contributed by atoms with Gasteiger partial charge in [0.15, 0.2) is 0 Å². The zero-order valence-electron chi connectivity index (χ0n) is 8.34. The summed E-state index contributed by atoms with van der Waals surface area (Å²) in [5.74, 6) is -1.20. The molecule has 0 aliphatic heterocycles. The number of carbonyl (C=O) groups is 2. The van der Waals surface area contributed by atoms with Gasteiger partial charge >= 0.3 is 0 Å². The molecule has 0 spiro atoms. The van der Waals surface area contributed by atoms with E-state index in [1.165, 1.54) is 6.92 Å². The Hall–Kier alpha value is -1.37. The lowest BCUT2D eigenvalue weighted by Gasteiger charge is -2.16. The average Bonchev–Trinajstić information content (AvgIpc) is 2.01. The van der Waals surface area contributed by atoms with Gasteiger partial charge in [-0.2, -0.15) is 5.26 Å². The number of rotatable bonds is 2. The van der Waals surface area contributed by atoms with E-state index in [1.807, 2.05) is 6.07 Å². The van der Waals surface area contributed by atoms with Crippen LogP contribution in [0.1, 0.15) is 27.7 Å². The number of Topliss-reactive ketones (excluding diaryl/α,β-unsaturated/α-hetero) is 1. The van der Waals surface area contributed by atoms with Gasteiger partial charge in [-0.15, -0.1) is 0 Å². The van der Waals surface area contributed by atoms with Crippen LogP contribution in [0.3, 0.4) is 0 Å². The second kappa shape index (κ2) is 4.04. The van der Waals surface area contributed by atoms with E-state index < -0.39 is 23.1 Å². The van der Waals surface area contributed by atoms with E-state index >= 15 is 0 Å². The van der Waals surface area contributed by atoms with E-state index in [4.69, 9.17) is 5.26 Å². The van der Waals surface area contributed by atoms with E-state index in [-0.39, 0.29) is 0 Å². The molecule has 0 bridgehead atoms. The molecule has 0 saturated heterocycles. The zero-order valence-corrected chi connectivity index (χ0v) is 8.34. The summed E-state index contributed by atoms with van der Waals surface area (Å²) in [5, 5.41) is 10.7. The quantitative estimate of drug-likeness (QED) is 0.637. The summed E-state index contributed by atoms with van der Waals surface area (Å²) in [6.07, 6.45) is 0. The lowest BCUT2D eigenvalue weighted by Crippen LogP contribution is -2.41. The minimum atomic E-state index is -0.695. The van der Waals surface area contributed by atoms with Crippen LogP contribution in [0.25, 0.3) is 0 Å². The lowest BCUT2D eigenvalue weighted by molar-refractivity contribution is -0.142. The largest absolute Gasteiger partial charge is 0.334 e. The van der Waals surface area contributed by atoms with Crippen molar-refractivity contribution < 1.29 is 9.59 Å². The van der Waals surface area contributed by atoms with E-state index in [0.717, 1.165) is 0 Å². The first kappa shape index (κ1) is 11.6. The number of nitriles is 1. The molecule has 0 aromatic heterocycles. The molecule has 4 heteroatoms. The van der Waals surface area contributed by atoms with Crippen LogP contribution in [0.5, 0.6) is 0 Å². The molecule has 1 N–H and O–H groups in total. The summed E-state index contributed by atoms with van der Waals surface area (Å²) in [4.78, 5) is 22.4. The van der Waals surface area contributed by atoms with Gasteiger partial charge in [-0.1, -0.05) is 20.8 Å². The fourth-order valence-corrected chi connectivity index (χ4v) is 0.635. The summed E-state index contributed by atoms with van der Waals surface area (Å²) in [6, 6.07) is 1.19. The van der Waals surface area contributed by atoms with Crippen LogP contribution in [-0.4, -0.2) is 17.7 Å². The topological polar surface area (TPSA) is 70.0 Å². The highest BCUT2D eigenvalue weighted by molar-refractivity contribution is 6.38. The molecule has 0 aromatic carbocycles. The highest BCUT2D eigenvalue weighted by Crippen LogP contribution is 2.14. The average molecular weight is 182 g/mol. The Labute approximate surface area is 77.9 Å². The molecule has 0 aliphatic rings. The van der Waals surface area contributed by atoms with E-state index in [0.29, 0.717) is 0 Å². The predicted molar refractivity (Wildman–Crippen MR) is 47.7 cm³/mol. The molecule has 0 rings (SSSR count). The minimum Gasteiger partial charge on any atom is -0.334 e. The maximum atomic E-state index is 11.3. The Morgan fingerprint density at radius 1 is 1.38 bits per heavy atom. The number of carbonyl (C=O) groups excluding carboxylic acids is 2. The SMILES string of the molecule is CC(C#N)NC(=O)C(=O)C(C)(C)C. The molecule has 0 fully saturated rings. The summed E-state index contributed by atoms with van der Waals surface area (Å²) in [6.45, 7) is 6.50. The molecule has 1 unspecified atom stereocenters. The monoisotopic (exact) mass is 182 g/mol. The van der Waals surface area contributed by atoms with Gasteiger partial charge < -0.3 is 5.32 Å². The molecular weight excluding hydrogens is 168 g/mol. The third-order valence-corrected chi connectivity index (χ3v) is 1.43. The van der Waals surface area contributed by atoms with Crippen molar-refractivity contribution in [3.63, 3.8) is 0 Å². The molecule has 13 heavy (non-hydrogen) atoms. The van der Waals surface area contributed by atoms with Gasteiger partial charge in [-0.3, -0.25) is 9.59 Å². The summed E-state index contributed by atoms with van der Waals surface area (Å²) in [7, 11) is 0. The molecular formula is C9H14N2O2. The van der Waals surface area contributed by atoms with Crippen molar-refractivity contribution >= 4 is 11.7 Å².